The molecule has 1 nitrogen and oxygen atoms in total. The smallest absolute Gasteiger partial charge is 0.0943 e. The van der Waals surface area contributed by atoms with Crippen molar-refractivity contribution in [1.82, 2.24) is 0 Å². The fourth-order valence-corrected chi connectivity index (χ4v) is 1.39. The van der Waals surface area contributed by atoms with Gasteiger partial charge in [0, 0.05) is 5.57 Å². The lowest BCUT2D eigenvalue weighted by molar-refractivity contribution is 0.604. The van der Waals surface area contributed by atoms with Crippen LogP contribution in [0.15, 0.2) is 11.6 Å². The molecule has 0 aromatic heterocycles. The average Bonchev–Trinajstić information content (AvgIpc) is 2.13. The van der Waals surface area contributed by atoms with E-state index in [0.717, 1.165) is 12.0 Å². The predicted octanol–water partition coefficient (Wildman–Crippen LogP) is 2.65. The minimum Gasteiger partial charge on any atom is -0.193 e. The lowest BCUT2D eigenvalue weighted by atomic mass is 10.1. The molecule has 0 heterocycles. The molecule has 1 atom stereocenters. The molecule has 0 fully saturated rings. The van der Waals surface area contributed by atoms with Gasteiger partial charge in [-0.15, -0.1) is 0 Å². The van der Waals surface area contributed by atoms with Crippen molar-refractivity contribution in [3.8, 4) is 6.07 Å². The monoisotopic (exact) mass is 135 g/mol. The van der Waals surface area contributed by atoms with E-state index in [9.17, 15) is 0 Å². The Morgan fingerprint density at radius 2 is 2.40 bits per heavy atom. The van der Waals surface area contributed by atoms with Gasteiger partial charge in [-0.2, -0.15) is 5.26 Å². The molecule has 0 N–H and O–H groups in total. The summed E-state index contributed by atoms with van der Waals surface area (Å²) in [5.41, 5.74) is 0.991. The van der Waals surface area contributed by atoms with Crippen molar-refractivity contribution in [1.29, 1.82) is 5.26 Å². The number of nitriles is 1. The topological polar surface area (TPSA) is 23.8 Å². The van der Waals surface area contributed by atoms with E-state index in [2.05, 4.69) is 19.1 Å². The first-order valence-electron chi connectivity index (χ1n) is 3.93. The molecule has 0 spiro atoms. The van der Waals surface area contributed by atoms with Gasteiger partial charge < -0.3 is 0 Å². The third-order valence-electron chi connectivity index (χ3n) is 1.98. The Morgan fingerprint density at radius 3 is 3.10 bits per heavy atom. The zero-order chi connectivity index (χ0) is 7.40. The molecule has 0 aliphatic heterocycles. The van der Waals surface area contributed by atoms with Crippen LogP contribution in [0, 0.1) is 17.2 Å². The van der Waals surface area contributed by atoms with Gasteiger partial charge >= 0.3 is 0 Å². The van der Waals surface area contributed by atoms with E-state index in [4.69, 9.17) is 5.26 Å². The molecule has 10 heavy (non-hydrogen) atoms. The zero-order valence-corrected chi connectivity index (χ0v) is 6.43. The van der Waals surface area contributed by atoms with Gasteiger partial charge in [0.15, 0.2) is 0 Å². The van der Waals surface area contributed by atoms with Crippen molar-refractivity contribution >= 4 is 0 Å². The summed E-state index contributed by atoms with van der Waals surface area (Å²) in [6, 6.07) is 2.24. The first-order valence-corrected chi connectivity index (χ1v) is 3.93. The first-order chi connectivity index (χ1) is 4.83. The Hall–Kier alpha value is -0.770. The lowest BCUT2D eigenvalue weighted by Gasteiger charge is -1.99. The second kappa shape index (κ2) is 3.41. The third-order valence-corrected chi connectivity index (χ3v) is 1.98. The summed E-state index contributed by atoms with van der Waals surface area (Å²) >= 11 is 0. The molecule has 0 aromatic rings. The molecule has 1 rings (SSSR count). The molecular weight excluding hydrogens is 122 g/mol. The summed E-state index contributed by atoms with van der Waals surface area (Å²) in [5.74, 6) is 0.622. The van der Waals surface area contributed by atoms with Crippen LogP contribution in [0.4, 0.5) is 0 Å². The Bertz CT molecular complexity index is 174. The van der Waals surface area contributed by atoms with E-state index >= 15 is 0 Å². The maximum atomic E-state index is 8.62. The maximum Gasteiger partial charge on any atom is 0.0943 e. The SMILES string of the molecule is CC1C=C(C#N)CCCC1. The zero-order valence-electron chi connectivity index (χ0n) is 6.43. The molecule has 0 bridgehead atoms. The Labute approximate surface area is 62.4 Å². The highest BCUT2D eigenvalue weighted by atomic mass is 14.3. The highest BCUT2D eigenvalue weighted by Crippen LogP contribution is 2.20. The van der Waals surface area contributed by atoms with Gasteiger partial charge in [0.05, 0.1) is 6.07 Å². The largest absolute Gasteiger partial charge is 0.193 e. The number of nitrogens with zero attached hydrogens (tertiary/aromatic N) is 1. The van der Waals surface area contributed by atoms with Crippen LogP contribution in [-0.2, 0) is 0 Å². The highest BCUT2D eigenvalue weighted by molar-refractivity contribution is 5.21. The van der Waals surface area contributed by atoms with Crippen LogP contribution in [0.2, 0.25) is 0 Å². The number of hydrogen-bond donors (Lipinski definition) is 0. The lowest BCUT2D eigenvalue weighted by Crippen LogP contribution is -1.86. The highest BCUT2D eigenvalue weighted by Gasteiger charge is 2.06. The molecule has 1 heteroatoms. The van der Waals surface area contributed by atoms with E-state index in [1.165, 1.54) is 19.3 Å². The van der Waals surface area contributed by atoms with E-state index in [1.807, 2.05) is 0 Å². The number of allylic oxidation sites excluding steroid dienone is 2. The molecular formula is C9H13N. The molecule has 1 unspecified atom stereocenters. The third kappa shape index (κ3) is 1.88. The van der Waals surface area contributed by atoms with Gasteiger partial charge in [-0.05, 0) is 25.2 Å². The normalized spacial score (nSPS) is 26.4. The summed E-state index contributed by atoms with van der Waals surface area (Å²) in [7, 11) is 0. The molecule has 0 radical (unpaired) electrons. The second-order valence-corrected chi connectivity index (χ2v) is 3.03. The van der Waals surface area contributed by atoms with Gasteiger partial charge in [0.1, 0.15) is 0 Å². The van der Waals surface area contributed by atoms with Gasteiger partial charge in [0.25, 0.3) is 0 Å². The maximum absolute atomic E-state index is 8.62. The van der Waals surface area contributed by atoms with Gasteiger partial charge in [-0.1, -0.05) is 19.4 Å². The Morgan fingerprint density at radius 1 is 1.60 bits per heavy atom. The Balaban J connectivity index is 2.61. The first kappa shape index (κ1) is 7.34. The average molecular weight is 135 g/mol. The van der Waals surface area contributed by atoms with Crippen molar-refractivity contribution in [3.63, 3.8) is 0 Å². The van der Waals surface area contributed by atoms with E-state index in [-0.39, 0.29) is 0 Å². The van der Waals surface area contributed by atoms with Crippen LogP contribution in [0.5, 0.6) is 0 Å². The van der Waals surface area contributed by atoms with Gasteiger partial charge in [0.2, 0.25) is 0 Å². The van der Waals surface area contributed by atoms with Crippen LogP contribution in [0.3, 0.4) is 0 Å². The molecule has 0 saturated carbocycles. The van der Waals surface area contributed by atoms with Crippen molar-refractivity contribution < 1.29 is 0 Å². The molecule has 0 amide bonds. The fourth-order valence-electron chi connectivity index (χ4n) is 1.39. The van der Waals surface area contributed by atoms with E-state index in [0.29, 0.717) is 5.92 Å². The standard InChI is InChI=1S/C9H13N/c1-8-4-2-3-5-9(6-8)7-10/h6,8H,2-5H2,1H3. The van der Waals surface area contributed by atoms with Crippen molar-refractivity contribution in [3.05, 3.63) is 11.6 Å². The van der Waals surface area contributed by atoms with Crippen LogP contribution in [0.1, 0.15) is 32.6 Å². The molecule has 54 valence electrons. The van der Waals surface area contributed by atoms with E-state index in [1.54, 1.807) is 0 Å². The summed E-state index contributed by atoms with van der Waals surface area (Å²) < 4.78 is 0. The molecule has 0 saturated heterocycles. The minimum atomic E-state index is 0.622. The summed E-state index contributed by atoms with van der Waals surface area (Å²) in [5, 5.41) is 8.62. The summed E-state index contributed by atoms with van der Waals surface area (Å²) in [4.78, 5) is 0. The minimum absolute atomic E-state index is 0.622. The van der Waals surface area contributed by atoms with Gasteiger partial charge in [-0.3, -0.25) is 0 Å². The predicted molar refractivity (Wildman–Crippen MR) is 41.3 cm³/mol. The molecule has 0 aromatic carbocycles. The van der Waals surface area contributed by atoms with Crippen LogP contribution in [-0.4, -0.2) is 0 Å². The molecule has 1 aliphatic carbocycles. The number of rotatable bonds is 0. The Kier molecular flexibility index (Phi) is 2.50. The van der Waals surface area contributed by atoms with Crippen molar-refractivity contribution in [2.45, 2.75) is 32.6 Å². The van der Waals surface area contributed by atoms with Crippen LogP contribution < -0.4 is 0 Å². The van der Waals surface area contributed by atoms with Crippen LogP contribution in [0.25, 0.3) is 0 Å². The quantitative estimate of drug-likeness (QED) is 0.501. The van der Waals surface area contributed by atoms with Crippen molar-refractivity contribution in [2.24, 2.45) is 5.92 Å². The van der Waals surface area contributed by atoms with Crippen LogP contribution >= 0.6 is 0 Å². The van der Waals surface area contributed by atoms with Crippen molar-refractivity contribution in [2.75, 3.05) is 0 Å². The summed E-state index contributed by atoms with van der Waals surface area (Å²) in [6.45, 7) is 2.18. The van der Waals surface area contributed by atoms with Gasteiger partial charge in [-0.25, -0.2) is 0 Å². The second-order valence-electron chi connectivity index (χ2n) is 3.03. The molecule has 1 aliphatic rings. The summed E-state index contributed by atoms with van der Waals surface area (Å²) in [6.07, 6.45) is 6.85. The van der Waals surface area contributed by atoms with E-state index < -0.39 is 0 Å². The number of hydrogen-bond acceptors (Lipinski definition) is 1. The fraction of sp³-hybridized carbons (Fsp3) is 0.667.